The Kier molecular flexibility index (Phi) is 6.94. The van der Waals surface area contributed by atoms with Crippen molar-refractivity contribution in [3.63, 3.8) is 0 Å². The fourth-order valence-electron chi connectivity index (χ4n) is 7.45. The fraction of sp³-hybridized carbons (Fsp3) is 0.0476. The van der Waals surface area contributed by atoms with E-state index in [1.807, 2.05) is 73.7 Å². The number of fused-ring (bicyclic) bond motifs is 7. The first-order valence-corrected chi connectivity index (χ1v) is 16.0. The Morgan fingerprint density at radius 2 is 1.36 bits per heavy atom. The van der Waals surface area contributed by atoms with Crippen LogP contribution in [0.1, 0.15) is 41.2 Å². The molecule has 7 nitrogen and oxygen atoms in total. The maximum absolute atomic E-state index is 12.0. The summed E-state index contributed by atoms with van der Waals surface area (Å²) in [6.07, 6.45) is 5.14. The molecule has 1 aliphatic carbocycles. The topological polar surface area (TPSA) is 135 Å². The first-order chi connectivity index (χ1) is 24.2. The largest absolute Gasteiger partial charge is 0.508 e. The second-order valence-corrected chi connectivity index (χ2v) is 12.3. The monoisotopic (exact) mass is 656 g/mol. The van der Waals surface area contributed by atoms with Gasteiger partial charge in [-0.25, -0.2) is 0 Å². The molecular weight excluding hydrogens is 627 g/mol. The van der Waals surface area contributed by atoms with E-state index in [1.165, 1.54) is 0 Å². The molecule has 0 spiro atoms. The van der Waals surface area contributed by atoms with Crippen LogP contribution in [0.25, 0.3) is 83.9 Å². The van der Waals surface area contributed by atoms with Gasteiger partial charge in [0.25, 0.3) is 0 Å². The molecule has 2 radical (unpaired) electrons. The van der Waals surface area contributed by atoms with Crippen LogP contribution in [-0.2, 0) is 0 Å². The number of aliphatic hydroxyl groups is 3. The highest BCUT2D eigenvalue weighted by molar-refractivity contribution is 6.38. The van der Waals surface area contributed by atoms with Gasteiger partial charge in [-0.1, -0.05) is 91.5 Å². The molecule has 1 aliphatic rings. The lowest BCUT2D eigenvalue weighted by atomic mass is 9.79. The Labute approximate surface area is 287 Å². The van der Waals surface area contributed by atoms with Crippen molar-refractivity contribution in [2.75, 3.05) is 0 Å². The van der Waals surface area contributed by atoms with Gasteiger partial charge in [0.2, 0.25) is 0 Å². The molecule has 8 rings (SSSR count). The fourth-order valence-corrected chi connectivity index (χ4v) is 7.45. The predicted molar refractivity (Wildman–Crippen MR) is 202 cm³/mol. The number of hydrogen-bond donors (Lipinski definition) is 6. The molecule has 0 bridgehead atoms. The Bertz CT molecular complexity index is 2730. The van der Waals surface area contributed by atoms with E-state index < -0.39 is 45.6 Å². The number of rotatable bonds is 4. The molecule has 8 heteroatoms. The van der Waals surface area contributed by atoms with Crippen molar-refractivity contribution in [2.45, 2.75) is 13.3 Å². The standard InChI is InChI=1S/C42H29BO7/c1-3-10-23-21(4-2)31(28-19-29(44)38(46)35-34(37(28)45)36(43)40(48)41(49)39(35)47)24-13-7-8-14-25(24)32(23)26-15-9-16-30-33(26)27-18-17-20-11-5-6-12-22(20)42(27)50-30/h3-18,44-49H,2,19H2,1H3/b10-3-. The lowest BCUT2D eigenvalue weighted by Gasteiger charge is -2.23. The molecular formula is C42H29BO7. The highest BCUT2D eigenvalue weighted by atomic mass is 16.3. The van der Waals surface area contributed by atoms with Gasteiger partial charge in [0, 0.05) is 33.7 Å². The smallest absolute Gasteiger partial charge is 0.200 e. The van der Waals surface area contributed by atoms with Crippen LogP contribution < -0.4 is 5.46 Å². The average Bonchev–Trinajstić information content (AvgIpc) is 3.49. The summed E-state index contributed by atoms with van der Waals surface area (Å²) in [5.74, 6) is -4.74. The van der Waals surface area contributed by atoms with Gasteiger partial charge in [-0.15, -0.1) is 0 Å². The van der Waals surface area contributed by atoms with Crippen molar-refractivity contribution in [3.05, 3.63) is 125 Å². The number of furan rings is 1. The minimum absolute atomic E-state index is 0.144. The number of phenolic OH excluding ortho intramolecular Hbond substituents is 3. The van der Waals surface area contributed by atoms with Crippen LogP contribution in [-0.4, -0.2) is 38.5 Å². The summed E-state index contributed by atoms with van der Waals surface area (Å²) in [6.45, 7) is 6.07. The summed E-state index contributed by atoms with van der Waals surface area (Å²) in [6, 6.07) is 25.9. The van der Waals surface area contributed by atoms with E-state index in [9.17, 15) is 30.6 Å². The zero-order valence-corrected chi connectivity index (χ0v) is 26.8. The third-order valence-corrected chi connectivity index (χ3v) is 9.63. The average molecular weight is 656 g/mol. The van der Waals surface area contributed by atoms with Gasteiger partial charge >= 0.3 is 0 Å². The van der Waals surface area contributed by atoms with Crippen LogP contribution in [0.5, 0.6) is 17.2 Å². The molecule has 6 N–H and O–H groups in total. The number of benzene rings is 6. The lowest BCUT2D eigenvalue weighted by Crippen LogP contribution is -2.14. The number of hydrogen-bond acceptors (Lipinski definition) is 7. The Morgan fingerprint density at radius 3 is 2.08 bits per heavy atom. The normalized spacial score (nSPS) is 13.6. The van der Waals surface area contributed by atoms with E-state index in [0.717, 1.165) is 54.8 Å². The highest BCUT2D eigenvalue weighted by Gasteiger charge is 2.33. The molecule has 7 aromatic rings. The van der Waals surface area contributed by atoms with Gasteiger partial charge in [-0.3, -0.25) is 0 Å². The van der Waals surface area contributed by atoms with Gasteiger partial charge in [-0.2, -0.15) is 0 Å². The van der Waals surface area contributed by atoms with E-state index in [0.29, 0.717) is 16.5 Å². The first-order valence-electron chi connectivity index (χ1n) is 16.0. The molecule has 0 aliphatic heterocycles. The van der Waals surface area contributed by atoms with Gasteiger partial charge in [0.1, 0.15) is 30.5 Å². The zero-order valence-electron chi connectivity index (χ0n) is 26.8. The van der Waals surface area contributed by atoms with Crippen LogP contribution in [0.3, 0.4) is 0 Å². The minimum Gasteiger partial charge on any atom is -0.508 e. The third-order valence-electron chi connectivity index (χ3n) is 9.63. The van der Waals surface area contributed by atoms with Crippen molar-refractivity contribution in [2.24, 2.45) is 0 Å². The second kappa shape index (κ2) is 11.3. The second-order valence-electron chi connectivity index (χ2n) is 12.3. The van der Waals surface area contributed by atoms with E-state index >= 15 is 0 Å². The van der Waals surface area contributed by atoms with E-state index in [1.54, 1.807) is 6.08 Å². The molecule has 0 amide bonds. The number of aromatic hydroxyl groups is 3. The van der Waals surface area contributed by atoms with Gasteiger partial charge < -0.3 is 35.1 Å². The Morgan fingerprint density at radius 1 is 0.660 bits per heavy atom. The first kappa shape index (κ1) is 30.8. The van der Waals surface area contributed by atoms with Gasteiger partial charge in [0.05, 0.1) is 5.56 Å². The van der Waals surface area contributed by atoms with E-state index in [4.69, 9.17) is 12.3 Å². The zero-order chi connectivity index (χ0) is 35.0. The number of aliphatic hydroxyl groups excluding tert-OH is 3. The summed E-state index contributed by atoms with van der Waals surface area (Å²) in [5, 5.41) is 71.3. The summed E-state index contributed by atoms with van der Waals surface area (Å²) in [4.78, 5) is 0. The molecule has 0 saturated heterocycles. The van der Waals surface area contributed by atoms with Crippen LogP contribution in [0, 0.1) is 0 Å². The summed E-state index contributed by atoms with van der Waals surface area (Å²) in [7, 11) is 6.19. The molecule has 0 atom stereocenters. The van der Waals surface area contributed by atoms with Crippen molar-refractivity contribution >= 4 is 86.0 Å². The molecule has 1 aromatic heterocycles. The Balaban J connectivity index is 1.53. The summed E-state index contributed by atoms with van der Waals surface area (Å²) < 4.78 is 6.53. The minimum atomic E-state index is -0.997. The van der Waals surface area contributed by atoms with Crippen LogP contribution in [0.15, 0.2) is 102 Å². The van der Waals surface area contributed by atoms with Crippen molar-refractivity contribution < 1.29 is 35.1 Å². The maximum atomic E-state index is 12.0. The SMILES string of the molecule is [B]c1c(O)c(O)c(O)c2c1C(O)=C(c1c(C=C)c(/C=C\C)c(-c3cccc4oc5c6ccccc6ccc5c34)c3ccccc13)CC(O)=C2O. The number of allylic oxidation sites excluding steroid dienone is 2. The molecule has 50 heavy (non-hydrogen) atoms. The van der Waals surface area contributed by atoms with E-state index in [2.05, 4.69) is 30.8 Å². The Hall–Kier alpha value is -6.54. The van der Waals surface area contributed by atoms with Crippen molar-refractivity contribution in [1.29, 1.82) is 0 Å². The third kappa shape index (κ3) is 4.18. The van der Waals surface area contributed by atoms with Crippen LogP contribution in [0.2, 0.25) is 0 Å². The molecule has 0 fully saturated rings. The van der Waals surface area contributed by atoms with Gasteiger partial charge in [-0.05, 0) is 68.5 Å². The van der Waals surface area contributed by atoms with Gasteiger partial charge in [0.15, 0.2) is 23.0 Å². The summed E-state index contributed by atoms with van der Waals surface area (Å²) >= 11 is 0. The van der Waals surface area contributed by atoms with Crippen LogP contribution in [0.4, 0.5) is 0 Å². The highest BCUT2D eigenvalue weighted by Crippen LogP contribution is 2.51. The predicted octanol–water partition coefficient (Wildman–Crippen LogP) is 9.76. The van der Waals surface area contributed by atoms with E-state index in [-0.39, 0.29) is 17.6 Å². The molecule has 242 valence electrons. The lowest BCUT2D eigenvalue weighted by molar-refractivity contribution is 0.358. The maximum Gasteiger partial charge on any atom is 0.200 e. The molecule has 0 unspecified atom stereocenters. The number of phenols is 3. The molecule has 1 heterocycles. The summed E-state index contributed by atoms with van der Waals surface area (Å²) in [5.41, 5.74) is 3.96. The van der Waals surface area contributed by atoms with Crippen LogP contribution >= 0.6 is 0 Å². The van der Waals surface area contributed by atoms with Crippen molar-refractivity contribution in [3.8, 4) is 28.4 Å². The quantitative estimate of drug-likeness (QED) is 0.0820. The molecule has 6 aromatic carbocycles. The van der Waals surface area contributed by atoms with Crippen molar-refractivity contribution in [1.82, 2.24) is 0 Å². The molecule has 0 saturated carbocycles.